The Kier molecular flexibility index (Phi) is 4.68. The van der Waals surface area contributed by atoms with Gasteiger partial charge in [0.05, 0.1) is 31.4 Å². The number of nitriles is 1. The van der Waals surface area contributed by atoms with Crippen LogP contribution in [0.2, 0.25) is 0 Å². The first-order valence-corrected chi connectivity index (χ1v) is 10.0. The standard InChI is InChI=1S/C25H20N4O3/c1-30-15-10-11-20(31-2)18(12-15)21-19(13-26)24(27)32-25-22(21)23(28-29-25)17-9-5-7-14-6-3-4-8-16(14)17/h3-12,21H,27H2,1-2H3,(H,28,29)/t21-/m0/s1. The highest BCUT2D eigenvalue weighted by Crippen LogP contribution is 2.49. The van der Waals surface area contributed by atoms with Crippen molar-refractivity contribution in [1.82, 2.24) is 10.2 Å². The molecule has 32 heavy (non-hydrogen) atoms. The Labute approximate surface area is 184 Å². The molecule has 1 atom stereocenters. The molecule has 0 aliphatic carbocycles. The minimum absolute atomic E-state index is 0.0193. The quantitative estimate of drug-likeness (QED) is 0.501. The molecule has 158 valence electrons. The lowest BCUT2D eigenvalue weighted by Crippen LogP contribution is -2.21. The molecule has 0 saturated heterocycles. The number of benzene rings is 3. The highest BCUT2D eigenvalue weighted by atomic mass is 16.5. The van der Waals surface area contributed by atoms with Crippen molar-refractivity contribution in [3.8, 4) is 34.7 Å². The molecule has 0 saturated carbocycles. The monoisotopic (exact) mass is 424 g/mol. The first-order valence-electron chi connectivity index (χ1n) is 10.0. The highest BCUT2D eigenvalue weighted by Gasteiger charge is 2.37. The van der Waals surface area contributed by atoms with Crippen molar-refractivity contribution < 1.29 is 14.2 Å². The van der Waals surface area contributed by atoms with Crippen molar-refractivity contribution in [3.63, 3.8) is 0 Å². The highest BCUT2D eigenvalue weighted by molar-refractivity contribution is 5.97. The van der Waals surface area contributed by atoms with Crippen LogP contribution in [0.25, 0.3) is 22.0 Å². The molecule has 7 heteroatoms. The van der Waals surface area contributed by atoms with E-state index in [4.69, 9.17) is 19.9 Å². The Morgan fingerprint density at radius 2 is 1.88 bits per heavy atom. The van der Waals surface area contributed by atoms with Crippen LogP contribution in [-0.2, 0) is 0 Å². The number of nitrogens with one attached hydrogen (secondary N) is 1. The normalized spacial score (nSPS) is 15.1. The summed E-state index contributed by atoms with van der Waals surface area (Å²) < 4.78 is 16.8. The van der Waals surface area contributed by atoms with Gasteiger partial charge in [-0.15, -0.1) is 5.10 Å². The first kappa shape index (κ1) is 19.5. The Hall–Kier alpha value is -4.44. The lowest BCUT2D eigenvalue weighted by atomic mass is 9.82. The van der Waals surface area contributed by atoms with Gasteiger partial charge in [0.15, 0.2) is 0 Å². The van der Waals surface area contributed by atoms with E-state index in [0.29, 0.717) is 17.4 Å². The molecule has 3 N–H and O–H groups in total. The molecular weight excluding hydrogens is 404 g/mol. The number of nitrogens with two attached hydrogens (primary N) is 1. The third kappa shape index (κ3) is 2.93. The molecule has 4 aromatic rings. The van der Waals surface area contributed by atoms with Crippen LogP contribution < -0.4 is 19.9 Å². The number of fused-ring (bicyclic) bond motifs is 2. The summed E-state index contributed by atoms with van der Waals surface area (Å²) in [7, 11) is 3.18. The van der Waals surface area contributed by atoms with Gasteiger partial charge in [0, 0.05) is 11.1 Å². The lowest BCUT2D eigenvalue weighted by molar-refractivity contribution is 0.373. The zero-order chi connectivity index (χ0) is 22.2. The van der Waals surface area contributed by atoms with E-state index in [1.54, 1.807) is 14.2 Å². The average Bonchev–Trinajstić information content (AvgIpc) is 3.25. The van der Waals surface area contributed by atoms with E-state index in [9.17, 15) is 5.26 Å². The Balaban J connectivity index is 1.81. The van der Waals surface area contributed by atoms with Gasteiger partial charge in [-0.2, -0.15) is 5.26 Å². The summed E-state index contributed by atoms with van der Waals surface area (Å²) in [6.45, 7) is 0. The second-order valence-electron chi connectivity index (χ2n) is 7.38. The third-order valence-corrected chi connectivity index (χ3v) is 5.75. The lowest BCUT2D eigenvalue weighted by Gasteiger charge is -2.26. The number of nitrogens with zero attached hydrogens (tertiary/aromatic N) is 2. The molecular formula is C25H20N4O3. The molecule has 2 heterocycles. The summed E-state index contributed by atoms with van der Waals surface area (Å²) in [6.07, 6.45) is 0. The molecule has 3 aromatic carbocycles. The number of allylic oxidation sites excluding steroid dienone is 1. The van der Waals surface area contributed by atoms with Crippen molar-refractivity contribution in [1.29, 1.82) is 5.26 Å². The zero-order valence-corrected chi connectivity index (χ0v) is 17.5. The summed E-state index contributed by atoms with van der Waals surface area (Å²) in [5.74, 6) is 1.04. The van der Waals surface area contributed by atoms with Crippen molar-refractivity contribution in [2.75, 3.05) is 14.2 Å². The Bertz CT molecular complexity index is 1410. The summed E-state index contributed by atoms with van der Waals surface area (Å²) in [4.78, 5) is 0. The van der Waals surface area contributed by atoms with Gasteiger partial charge in [0.1, 0.15) is 23.1 Å². The van der Waals surface area contributed by atoms with Crippen LogP contribution in [0.3, 0.4) is 0 Å². The molecule has 0 unspecified atom stereocenters. The fraction of sp³-hybridized carbons (Fsp3) is 0.120. The van der Waals surface area contributed by atoms with Crippen molar-refractivity contribution >= 4 is 10.8 Å². The number of H-pyrrole nitrogens is 1. The van der Waals surface area contributed by atoms with Gasteiger partial charge in [-0.05, 0) is 29.0 Å². The van der Waals surface area contributed by atoms with Crippen molar-refractivity contribution in [2.24, 2.45) is 5.73 Å². The van der Waals surface area contributed by atoms with Gasteiger partial charge in [0.25, 0.3) is 0 Å². The van der Waals surface area contributed by atoms with Crippen LogP contribution in [0, 0.1) is 11.3 Å². The smallest absolute Gasteiger partial charge is 0.244 e. The van der Waals surface area contributed by atoms with Gasteiger partial charge in [-0.25, -0.2) is 0 Å². The van der Waals surface area contributed by atoms with Gasteiger partial charge in [0.2, 0.25) is 11.8 Å². The van der Waals surface area contributed by atoms with E-state index in [0.717, 1.165) is 33.2 Å². The summed E-state index contributed by atoms with van der Waals surface area (Å²) >= 11 is 0. The van der Waals surface area contributed by atoms with E-state index < -0.39 is 5.92 Å². The molecule has 0 fully saturated rings. The van der Waals surface area contributed by atoms with E-state index in [2.05, 4.69) is 34.5 Å². The SMILES string of the molecule is COc1ccc(OC)c([C@H]2C(C#N)=C(N)Oc3n[nH]c(-c4cccc5ccccc45)c32)c1. The minimum Gasteiger partial charge on any atom is -0.497 e. The first-order chi connectivity index (χ1) is 15.7. The number of aromatic nitrogens is 2. The summed E-state index contributed by atoms with van der Waals surface area (Å²) in [5.41, 5.74) is 9.59. The summed E-state index contributed by atoms with van der Waals surface area (Å²) in [5, 5.41) is 19.7. The van der Waals surface area contributed by atoms with E-state index in [1.807, 2.05) is 42.5 Å². The predicted molar refractivity (Wildman–Crippen MR) is 120 cm³/mol. The molecule has 0 amide bonds. The van der Waals surface area contributed by atoms with Crippen LogP contribution >= 0.6 is 0 Å². The largest absolute Gasteiger partial charge is 0.497 e. The average molecular weight is 424 g/mol. The molecule has 1 aliphatic rings. The molecule has 0 bridgehead atoms. The van der Waals surface area contributed by atoms with Crippen LogP contribution in [0.5, 0.6) is 17.4 Å². The Morgan fingerprint density at radius 3 is 2.66 bits per heavy atom. The van der Waals surface area contributed by atoms with E-state index in [1.165, 1.54) is 0 Å². The molecule has 1 aromatic heterocycles. The van der Waals surface area contributed by atoms with Gasteiger partial charge in [-0.1, -0.05) is 42.5 Å². The number of hydrogen-bond acceptors (Lipinski definition) is 6. The second kappa shape index (κ2) is 7.67. The molecule has 5 rings (SSSR count). The summed E-state index contributed by atoms with van der Waals surface area (Å²) in [6, 6.07) is 21.9. The number of rotatable bonds is 4. The third-order valence-electron chi connectivity index (χ3n) is 5.75. The number of methoxy groups -OCH3 is 2. The molecule has 7 nitrogen and oxygen atoms in total. The van der Waals surface area contributed by atoms with Crippen LogP contribution in [0.15, 0.2) is 72.1 Å². The number of aromatic amines is 1. The van der Waals surface area contributed by atoms with Crippen molar-refractivity contribution in [2.45, 2.75) is 5.92 Å². The fourth-order valence-corrected chi connectivity index (χ4v) is 4.27. The Morgan fingerprint density at radius 1 is 1.06 bits per heavy atom. The van der Waals surface area contributed by atoms with Gasteiger partial charge >= 0.3 is 0 Å². The topological polar surface area (TPSA) is 106 Å². The second-order valence-corrected chi connectivity index (χ2v) is 7.38. The van der Waals surface area contributed by atoms with Crippen LogP contribution in [-0.4, -0.2) is 24.4 Å². The van der Waals surface area contributed by atoms with Crippen LogP contribution in [0.1, 0.15) is 17.0 Å². The maximum absolute atomic E-state index is 10.0. The van der Waals surface area contributed by atoms with E-state index >= 15 is 0 Å². The van der Waals surface area contributed by atoms with Gasteiger partial charge in [-0.3, -0.25) is 5.10 Å². The van der Waals surface area contributed by atoms with Gasteiger partial charge < -0.3 is 19.9 Å². The van der Waals surface area contributed by atoms with E-state index in [-0.39, 0.29) is 11.5 Å². The van der Waals surface area contributed by atoms with Crippen LogP contribution in [0.4, 0.5) is 0 Å². The predicted octanol–water partition coefficient (Wildman–Crippen LogP) is 4.47. The molecule has 0 spiro atoms. The minimum atomic E-state index is -0.554. The van der Waals surface area contributed by atoms with Crippen molar-refractivity contribution in [3.05, 3.63) is 83.2 Å². The number of hydrogen-bond donors (Lipinski definition) is 2. The number of ether oxygens (including phenoxy) is 3. The zero-order valence-electron chi connectivity index (χ0n) is 17.5. The fourth-order valence-electron chi connectivity index (χ4n) is 4.27. The maximum atomic E-state index is 10.0. The molecule has 0 radical (unpaired) electrons. The molecule has 1 aliphatic heterocycles. The maximum Gasteiger partial charge on any atom is 0.244 e.